The van der Waals surface area contributed by atoms with E-state index in [1.165, 1.54) is 0 Å². The van der Waals surface area contributed by atoms with E-state index in [2.05, 4.69) is 22.2 Å². The van der Waals surface area contributed by atoms with Crippen LogP contribution in [0.15, 0.2) is 12.1 Å². The Morgan fingerprint density at radius 1 is 1.38 bits per heavy atom. The summed E-state index contributed by atoms with van der Waals surface area (Å²) in [6.45, 7) is 4.82. The average molecular weight is 219 g/mol. The molecule has 0 spiro atoms. The maximum atomic E-state index is 5.51. The van der Waals surface area contributed by atoms with Crippen LogP contribution in [0.1, 0.15) is 37.2 Å². The molecule has 86 valence electrons. The fourth-order valence-corrected chi connectivity index (χ4v) is 1.76. The molecule has 2 N–H and O–H groups in total. The van der Waals surface area contributed by atoms with Gasteiger partial charge in [-0.15, -0.1) is 10.2 Å². The Bertz CT molecular complexity index is 476. The molecule has 2 aromatic rings. The van der Waals surface area contributed by atoms with Crippen molar-refractivity contribution in [1.29, 1.82) is 0 Å². The number of aromatic nitrogens is 4. The molecule has 0 amide bonds. The highest BCUT2D eigenvalue weighted by atomic mass is 15.4. The van der Waals surface area contributed by atoms with Gasteiger partial charge in [0.05, 0.1) is 5.69 Å². The Kier molecular flexibility index (Phi) is 3.14. The third kappa shape index (κ3) is 2.04. The molecule has 1 unspecified atom stereocenters. The van der Waals surface area contributed by atoms with E-state index in [1.54, 1.807) is 0 Å². The number of hydrogen-bond acceptors (Lipinski definition) is 4. The van der Waals surface area contributed by atoms with Crippen LogP contribution in [0.25, 0.3) is 5.65 Å². The van der Waals surface area contributed by atoms with Crippen molar-refractivity contribution in [2.45, 2.75) is 32.6 Å². The lowest BCUT2D eigenvalue weighted by atomic mass is 10.1. The van der Waals surface area contributed by atoms with Gasteiger partial charge in [0.25, 0.3) is 0 Å². The van der Waals surface area contributed by atoms with Gasteiger partial charge in [-0.2, -0.15) is 9.61 Å². The zero-order valence-electron chi connectivity index (χ0n) is 9.72. The Labute approximate surface area is 94.7 Å². The maximum absolute atomic E-state index is 5.51. The summed E-state index contributed by atoms with van der Waals surface area (Å²) in [5.41, 5.74) is 7.29. The van der Waals surface area contributed by atoms with Gasteiger partial charge in [-0.1, -0.05) is 6.92 Å². The molecule has 16 heavy (non-hydrogen) atoms. The van der Waals surface area contributed by atoms with Gasteiger partial charge in [0, 0.05) is 5.92 Å². The molecule has 0 saturated heterocycles. The van der Waals surface area contributed by atoms with Crippen molar-refractivity contribution >= 4 is 5.65 Å². The van der Waals surface area contributed by atoms with Crippen LogP contribution >= 0.6 is 0 Å². The van der Waals surface area contributed by atoms with E-state index >= 15 is 0 Å². The third-order valence-corrected chi connectivity index (χ3v) is 2.70. The molecule has 0 bridgehead atoms. The maximum Gasteiger partial charge on any atom is 0.177 e. The molecule has 0 aliphatic heterocycles. The van der Waals surface area contributed by atoms with Crippen molar-refractivity contribution in [2.75, 3.05) is 6.54 Å². The molecular formula is C11H17N5. The van der Waals surface area contributed by atoms with E-state index in [1.807, 2.05) is 23.6 Å². The van der Waals surface area contributed by atoms with E-state index in [0.717, 1.165) is 30.0 Å². The van der Waals surface area contributed by atoms with E-state index in [-0.39, 0.29) is 0 Å². The molecule has 1 atom stereocenters. The van der Waals surface area contributed by atoms with Gasteiger partial charge in [0.1, 0.15) is 0 Å². The lowest BCUT2D eigenvalue weighted by Gasteiger charge is -2.07. The lowest BCUT2D eigenvalue weighted by Crippen LogP contribution is -2.07. The van der Waals surface area contributed by atoms with Crippen molar-refractivity contribution in [3.63, 3.8) is 0 Å². The minimum atomic E-state index is 0.341. The van der Waals surface area contributed by atoms with Crippen LogP contribution in [0.4, 0.5) is 0 Å². The fourth-order valence-electron chi connectivity index (χ4n) is 1.76. The molecule has 0 saturated carbocycles. The van der Waals surface area contributed by atoms with Crippen molar-refractivity contribution in [3.8, 4) is 0 Å². The van der Waals surface area contributed by atoms with Gasteiger partial charge in [-0.3, -0.25) is 0 Å². The highest BCUT2D eigenvalue weighted by molar-refractivity contribution is 5.36. The molecule has 0 aliphatic rings. The first-order valence-electron chi connectivity index (χ1n) is 5.61. The van der Waals surface area contributed by atoms with Crippen molar-refractivity contribution in [3.05, 3.63) is 23.7 Å². The van der Waals surface area contributed by atoms with Gasteiger partial charge in [-0.05, 0) is 38.4 Å². The molecule has 5 heteroatoms. The molecular weight excluding hydrogens is 202 g/mol. The summed E-state index contributed by atoms with van der Waals surface area (Å²) in [4.78, 5) is 0. The normalized spacial score (nSPS) is 13.2. The summed E-state index contributed by atoms with van der Waals surface area (Å²) < 4.78 is 1.83. The highest BCUT2D eigenvalue weighted by Crippen LogP contribution is 2.18. The first-order valence-corrected chi connectivity index (χ1v) is 5.61. The molecule has 0 fully saturated rings. The summed E-state index contributed by atoms with van der Waals surface area (Å²) in [5.74, 6) is 1.26. The summed E-state index contributed by atoms with van der Waals surface area (Å²) in [7, 11) is 0. The summed E-state index contributed by atoms with van der Waals surface area (Å²) in [5, 5.41) is 12.7. The smallest absolute Gasteiger partial charge is 0.177 e. The minimum Gasteiger partial charge on any atom is -0.330 e. The Hall–Kier alpha value is -1.49. The van der Waals surface area contributed by atoms with Gasteiger partial charge in [0.2, 0.25) is 0 Å². The zero-order chi connectivity index (χ0) is 11.5. The summed E-state index contributed by atoms with van der Waals surface area (Å²) in [6.07, 6.45) is 2.02. The number of fused-ring (bicyclic) bond motifs is 1. The van der Waals surface area contributed by atoms with Crippen LogP contribution in [0, 0.1) is 6.92 Å². The molecule has 2 heterocycles. The molecule has 2 rings (SSSR count). The zero-order valence-corrected chi connectivity index (χ0v) is 9.72. The Morgan fingerprint density at radius 3 is 2.94 bits per heavy atom. The average Bonchev–Trinajstić information content (AvgIpc) is 2.68. The molecule has 0 radical (unpaired) electrons. The third-order valence-electron chi connectivity index (χ3n) is 2.70. The van der Waals surface area contributed by atoms with Gasteiger partial charge in [-0.25, -0.2) is 0 Å². The lowest BCUT2D eigenvalue weighted by molar-refractivity contribution is 0.590. The van der Waals surface area contributed by atoms with Crippen molar-refractivity contribution in [1.82, 2.24) is 19.8 Å². The SMILES string of the molecule is Cc1ccc2nnc(C(C)CCCN)n2n1. The standard InChI is InChI=1S/C11H17N5/c1-8(4-3-7-12)11-14-13-10-6-5-9(2)15-16(10)11/h5-6,8H,3-4,7,12H2,1-2H3. The summed E-state index contributed by atoms with van der Waals surface area (Å²) in [6, 6.07) is 3.88. The van der Waals surface area contributed by atoms with E-state index in [4.69, 9.17) is 5.73 Å². The number of rotatable bonds is 4. The second-order valence-corrected chi connectivity index (χ2v) is 4.13. The molecule has 5 nitrogen and oxygen atoms in total. The van der Waals surface area contributed by atoms with E-state index < -0.39 is 0 Å². The van der Waals surface area contributed by atoms with Crippen molar-refractivity contribution < 1.29 is 0 Å². The van der Waals surface area contributed by atoms with Crippen LogP contribution in [0.5, 0.6) is 0 Å². The predicted molar refractivity (Wildman–Crippen MR) is 62.2 cm³/mol. The van der Waals surface area contributed by atoms with Crippen LogP contribution in [0.2, 0.25) is 0 Å². The minimum absolute atomic E-state index is 0.341. The van der Waals surface area contributed by atoms with E-state index in [0.29, 0.717) is 12.5 Å². The Balaban J connectivity index is 2.33. The van der Waals surface area contributed by atoms with Crippen LogP contribution < -0.4 is 5.73 Å². The van der Waals surface area contributed by atoms with Gasteiger partial charge in [0.15, 0.2) is 11.5 Å². The highest BCUT2D eigenvalue weighted by Gasteiger charge is 2.13. The quantitative estimate of drug-likeness (QED) is 0.840. The monoisotopic (exact) mass is 219 g/mol. The second-order valence-electron chi connectivity index (χ2n) is 4.13. The van der Waals surface area contributed by atoms with E-state index in [9.17, 15) is 0 Å². The van der Waals surface area contributed by atoms with Crippen molar-refractivity contribution in [2.24, 2.45) is 5.73 Å². The second kappa shape index (κ2) is 4.57. The molecule has 2 aromatic heterocycles. The van der Waals surface area contributed by atoms with Crippen LogP contribution in [-0.2, 0) is 0 Å². The topological polar surface area (TPSA) is 69.1 Å². The largest absolute Gasteiger partial charge is 0.330 e. The van der Waals surface area contributed by atoms with Crippen LogP contribution in [-0.4, -0.2) is 26.4 Å². The number of nitrogens with zero attached hydrogens (tertiary/aromatic N) is 4. The predicted octanol–water partition coefficient (Wildman–Crippen LogP) is 1.28. The first kappa shape index (κ1) is 11.0. The molecule has 0 aromatic carbocycles. The van der Waals surface area contributed by atoms with Gasteiger partial charge >= 0.3 is 0 Å². The van der Waals surface area contributed by atoms with Gasteiger partial charge < -0.3 is 5.73 Å². The summed E-state index contributed by atoms with van der Waals surface area (Å²) >= 11 is 0. The number of nitrogens with two attached hydrogens (primary N) is 1. The fraction of sp³-hybridized carbons (Fsp3) is 0.545. The number of aryl methyl sites for hydroxylation is 1. The van der Waals surface area contributed by atoms with Crippen LogP contribution in [0.3, 0.4) is 0 Å². The first-order chi connectivity index (χ1) is 7.72. The number of hydrogen-bond donors (Lipinski definition) is 1. The Morgan fingerprint density at radius 2 is 2.19 bits per heavy atom. The molecule has 0 aliphatic carbocycles.